The smallest absolute Gasteiger partial charge is 0.387 e. The zero-order chi connectivity index (χ0) is 17.5. The lowest BCUT2D eigenvalue weighted by Gasteiger charge is -2.08. The number of carbonyl (C=O) groups is 1. The highest BCUT2D eigenvalue weighted by Crippen LogP contribution is 2.19. The van der Waals surface area contributed by atoms with Crippen molar-refractivity contribution in [3.8, 4) is 5.75 Å². The van der Waals surface area contributed by atoms with E-state index in [1.54, 1.807) is 4.68 Å². The Morgan fingerprint density at radius 3 is 2.67 bits per heavy atom. The third kappa shape index (κ3) is 5.76. The summed E-state index contributed by atoms with van der Waals surface area (Å²) < 4.78 is 30.0. The topological polar surface area (TPSA) is 81.9 Å². The second-order valence-corrected chi connectivity index (χ2v) is 6.22. The Labute approximate surface area is 141 Å². The van der Waals surface area contributed by atoms with Gasteiger partial charge in [0.25, 0.3) is 0 Å². The van der Waals surface area contributed by atoms with Gasteiger partial charge in [-0.2, -0.15) is 8.78 Å². The predicted molar refractivity (Wildman–Crippen MR) is 85.1 cm³/mol. The minimum Gasteiger partial charge on any atom is -0.435 e. The van der Waals surface area contributed by atoms with E-state index in [-0.39, 0.29) is 17.4 Å². The van der Waals surface area contributed by atoms with E-state index in [1.807, 2.05) is 13.8 Å². The molecule has 0 atom stereocenters. The number of amides is 1. The summed E-state index contributed by atoms with van der Waals surface area (Å²) in [6.45, 7) is 1.88. The average Bonchev–Trinajstić information content (AvgIpc) is 2.93. The molecule has 1 amide bonds. The van der Waals surface area contributed by atoms with Crippen LogP contribution in [0.1, 0.15) is 13.8 Å². The molecule has 0 aliphatic heterocycles. The van der Waals surface area contributed by atoms with Gasteiger partial charge in [-0.15, -0.1) is 5.10 Å². The fourth-order valence-corrected chi connectivity index (χ4v) is 2.49. The number of rotatable bonds is 8. The van der Waals surface area contributed by atoms with Crippen molar-refractivity contribution in [3.05, 3.63) is 24.3 Å². The molecule has 0 aliphatic rings. The standard InChI is InChI=1S/C14H17F2N5O2S/c1-9(2)7-21-14(18-19-20-21)24-8-12(22)17-10-3-5-11(6-4-10)23-13(15)16/h3-6,9,13H,7-8H2,1-2H3,(H,17,22). The van der Waals surface area contributed by atoms with E-state index < -0.39 is 6.61 Å². The number of tetrazole rings is 1. The molecule has 1 aromatic heterocycles. The van der Waals surface area contributed by atoms with Crippen molar-refractivity contribution in [2.75, 3.05) is 11.1 Å². The lowest BCUT2D eigenvalue weighted by atomic mass is 10.2. The third-order valence-electron chi connectivity index (χ3n) is 2.73. The molecule has 0 saturated heterocycles. The van der Waals surface area contributed by atoms with Crippen LogP contribution in [0, 0.1) is 5.92 Å². The first-order chi connectivity index (χ1) is 11.4. The van der Waals surface area contributed by atoms with E-state index in [9.17, 15) is 13.6 Å². The van der Waals surface area contributed by atoms with E-state index in [0.29, 0.717) is 23.3 Å². The molecule has 0 saturated carbocycles. The van der Waals surface area contributed by atoms with Crippen molar-refractivity contribution >= 4 is 23.4 Å². The molecule has 7 nitrogen and oxygen atoms in total. The summed E-state index contributed by atoms with van der Waals surface area (Å²) in [6, 6.07) is 5.70. The Bertz CT molecular complexity index is 663. The van der Waals surface area contributed by atoms with Crippen molar-refractivity contribution in [1.82, 2.24) is 20.2 Å². The maximum Gasteiger partial charge on any atom is 0.387 e. The first kappa shape index (κ1) is 18.1. The summed E-state index contributed by atoms with van der Waals surface area (Å²) in [5.41, 5.74) is 0.490. The minimum absolute atomic E-state index is 0.0326. The predicted octanol–water partition coefficient (Wildman–Crippen LogP) is 2.66. The van der Waals surface area contributed by atoms with Crippen molar-refractivity contribution in [1.29, 1.82) is 0 Å². The van der Waals surface area contributed by atoms with Gasteiger partial charge in [0.05, 0.1) is 5.75 Å². The van der Waals surface area contributed by atoms with Crippen molar-refractivity contribution in [2.45, 2.75) is 32.2 Å². The van der Waals surface area contributed by atoms with Crippen LogP contribution in [-0.4, -0.2) is 38.5 Å². The molecule has 0 unspecified atom stereocenters. The van der Waals surface area contributed by atoms with Crippen LogP contribution in [0.5, 0.6) is 5.75 Å². The van der Waals surface area contributed by atoms with E-state index in [0.717, 1.165) is 0 Å². The van der Waals surface area contributed by atoms with Crippen molar-refractivity contribution in [3.63, 3.8) is 0 Å². The molecule has 0 fully saturated rings. The van der Waals surface area contributed by atoms with E-state index in [4.69, 9.17) is 0 Å². The lowest BCUT2D eigenvalue weighted by molar-refractivity contribution is -0.113. The molecule has 0 spiro atoms. The van der Waals surface area contributed by atoms with Gasteiger partial charge in [-0.1, -0.05) is 25.6 Å². The fraction of sp³-hybridized carbons (Fsp3) is 0.429. The number of alkyl halides is 2. The summed E-state index contributed by atoms with van der Waals surface area (Å²) >= 11 is 1.23. The first-order valence-electron chi connectivity index (χ1n) is 7.17. The SMILES string of the molecule is CC(C)Cn1nnnc1SCC(=O)Nc1ccc(OC(F)F)cc1. The summed E-state index contributed by atoms with van der Waals surface area (Å²) in [5, 5.41) is 14.6. The van der Waals surface area contributed by atoms with Gasteiger partial charge in [0.15, 0.2) is 0 Å². The molecule has 10 heteroatoms. The van der Waals surface area contributed by atoms with Crippen LogP contribution in [0.4, 0.5) is 14.5 Å². The minimum atomic E-state index is -2.88. The van der Waals surface area contributed by atoms with Crippen LogP contribution in [0.2, 0.25) is 0 Å². The number of halogens is 2. The number of carbonyl (C=O) groups excluding carboxylic acids is 1. The zero-order valence-corrected chi connectivity index (χ0v) is 14.0. The van der Waals surface area contributed by atoms with Gasteiger partial charge in [0, 0.05) is 12.2 Å². The van der Waals surface area contributed by atoms with Crippen molar-refractivity contribution in [2.24, 2.45) is 5.92 Å². The Balaban J connectivity index is 1.84. The molecule has 0 radical (unpaired) electrons. The number of aromatic nitrogens is 4. The summed E-state index contributed by atoms with van der Waals surface area (Å²) in [6.07, 6.45) is 0. The normalized spacial score (nSPS) is 11.1. The number of ether oxygens (including phenoxy) is 1. The summed E-state index contributed by atoms with van der Waals surface area (Å²) in [5.74, 6) is 0.302. The highest BCUT2D eigenvalue weighted by molar-refractivity contribution is 7.99. The fourth-order valence-electron chi connectivity index (χ4n) is 1.81. The number of thioether (sulfide) groups is 1. The molecule has 0 bridgehead atoms. The van der Waals surface area contributed by atoms with Crippen LogP contribution in [0.25, 0.3) is 0 Å². The highest BCUT2D eigenvalue weighted by atomic mass is 32.2. The van der Waals surface area contributed by atoms with Crippen LogP contribution in [0.3, 0.4) is 0 Å². The monoisotopic (exact) mass is 357 g/mol. The van der Waals surface area contributed by atoms with Crippen molar-refractivity contribution < 1.29 is 18.3 Å². The maximum absolute atomic E-state index is 12.1. The molecule has 2 aromatic rings. The third-order valence-corrected chi connectivity index (χ3v) is 3.69. The Kier molecular flexibility index (Phi) is 6.47. The van der Waals surface area contributed by atoms with Gasteiger partial charge in [0.2, 0.25) is 11.1 Å². The molecule has 0 aliphatic carbocycles. The van der Waals surface area contributed by atoms with E-state index in [2.05, 4.69) is 25.6 Å². The Morgan fingerprint density at radius 1 is 1.33 bits per heavy atom. The van der Waals surface area contributed by atoms with Crippen LogP contribution < -0.4 is 10.1 Å². The zero-order valence-electron chi connectivity index (χ0n) is 13.1. The van der Waals surface area contributed by atoms with Gasteiger partial charge < -0.3 is 10.1 Å². The second-order valence-electron chi connectivity index (χ2n) is 5.28. The number of anilines is 1. The van der Waals surface area contributed by atoms with Gasteiger partial charge in [-0.05, 0) is 40.6 Å². The Morgan fingerprint density at radius 2 is 2.04 bits per heavy atom. The molecule has 130 valence electrons. The molecule has 1 N–H and O–H groups in total. The number of nitrogens with one attached hydrogen (secondary N) is 1. The summed E-state index contributed by atoms with van der Waals surface area (Å²) in [7, 11) is 0. The number of benzene rings is 1. The number of hydrogen-bond acceptors (Lipinski definition) is 6. The Hall–Kier alpha value is -2.23. The molecular formula is C14H17F2N5O2S. The quantitative estimate of drug-likeness (QED) is 0.732. The van der Waals surface area contributed by atoms with E-state index in [1.165, 1.54) is 36.0 Å². The molecular weight excluding hydrogens is 340 g/mol. The molecule has 2 rings (SSSR count). The van der Waals surface area contributed by atoms with Gasteiger partial charge in [0.1, 0.15) is 5.75 Å². The van der Waals surface area contributed by atoms with Gasteiger partial charge in [-0.3, -0.25) is 4.79 Å². The van der Waals surface area contributed by atoms with Crippen LogP contribution in [-0.2, 0) is 11.3 Å². The second kappa shape index (κ2) is 8.57. The first-order valence-corrected chi connectivity index (χ1v) is 8.16. The molecule has 24 heavy (non-hydrogen) atoms. The van der Waals surface area contributed by atoms with E-state index >= 15 is 0 Å². The number of hydrogen-bond donors (Lipinski definition) is 1. The van der Waals surface area contributed by atoms with Gasteiger partial charge >= 0.3 is 6.61 Å². The lowest BCUT2D eigenvalue weighted by Crippen LogP contribution is -2.15. The van der Waals surface area contributed by atoms with Crippen LogP contribution in [0.15, 0.2) is 29.4 Å². The summed E-state index contributed by atoms with van der Waals surface area (Å²) in [4.78, 5) is 11.9. The van der Waals surface area contributed by atoms with Gasteiger partial charge in [-0.25, -0.2) is 4.68 Å². The molecule has 1 heterocycles. The average molecular weight is 357 g/mol. The maximum atomic E-state index is 12.1. The largest absolute Gasteiger partial charge is 0.435 e. The van der Waals surface area contributed by atoms with Crippen LogP contribution >= 0.6 is 11.8 Å². The molecule has 1 aromatic carbocycles. The highest BCUT2D eigenvalue weighted by Gasteiger charge is 2.11. The number of nitrogens with zero attached hydrogens (tertiary/aromatic N) is 4.